The summed E-state index contributed by atoms with van der Waals surface area (Å²) in [5, 5.41) is 14.1. The van der Waals surface area contributed by atoms with E-state index in [1.165, 1.54) is 18.2 Å². The van der Waals surface area contributed by atoms with Crippen LogP contribution in [0.5, 0.6) is 0 Å². The number of sulfonamides is 1. The van der Waals surface area contributed by atoms with Gasteiger partial charge in [-0.25, -0.2) is 18.1 Å². The lowest BCUT2D eigenvalue weighted by atomic mass is 9.93. The average Bonchev–Trinajstić information content (AvgIpc) is 3.29. The van der Waals surface area contributed by atoms with E-state index < -0.39 is 14.9 Å². The fraction of sp³-hybridized carbons (Fsp3) is 0.474. The third kappa shape index (κ3) is 6.38. The highest BCUT2D eigenvalue weighted by Crippen LogP contribution is 2.27. The normalized spacial score (nSPS) is 19.3. The third-order valence-corrected chi connectivity index (χ3v) is 6.84. The molecular weight excluding hydrogens is 549 g/mol. The number of imidazole rings is 1. The Morgan fingerprint density at radius 2 is 2.16 bits per heavy atom. The molecule has 0 bridgehead atoms. The Bertz CT molecular complexity index is 1030. The van der Waals surface area contributed by atoms with E-state index in [0.29, 0.717) is 18.4 Å². The van der Waals surface area contributed by atoms with E-state index in [-0.39, 0.29) is 47.1 Å². The highest BCUT2D eigenvalue weighted by Gasteiger charge is 2.28. The lowest BCUT2D eigenvalue weighted by molar-refractivity contribution is -0.385. The SMILES string of the molecule is CN=C(NCCNS(=O)(=O)c1cccc([N+](=O)[O-])c1)N1CCC(C)C(n2ccnc2)C1.I. The molecule has 176 valence electrons. The van der Waals surface area contributed by atoms with Crippen molar-refractivity contribution in [3.05, 3.63) is 53.1 Å². The van der Waals surface area contributed by atoms with E-state index in [4.69, 9.17) is 0 Å². The summed E-state index contributed by atoms with van der Waals surface area (Å²) < 4.78 is 29.4. The Labute approximate surface area is 204 Å². The van der Waals surface area contributed by atoms with Gasteiger partial charge in [0.2, 0.25) is 10.0 Å². The van der Waals surface area contributed by atoms with Crippen LogP contribution < -0.4 is 10.0 Å². The topological polar surface area (TPSA) is 135 Å². The van der Waals surface area contributed by atoms with Crippen LogP contribution >= 0.6 is 24.0 Å². The number of rotatable bonds is 7. The summed E-state index contributed by atoms with van der Waals surface area (Å²) in [6, 6.07) is 5.25. The van der Waals surface area contributed by atoms with Crippen molar-refractivity contribution in [1.82, 2.24) is 24.5 Å². The number of non-ortho nitro benzene ring substituents is 1. The summed E-state index contributed by atoms with van der Waals surface area (Å²) in [7, 11) is -2.16. The average molecular weight is 577 g/mol. The molecule has 32 heavy (non-hydrogen) atoms. The largest absolute Gasteiger partial charge is 0.355 e. The number of nitrogens with zero attached hydrogens (tertiary/aromatic N) is 5. The van der Waals surface area contributed by atoms with E-state index in [1.54, 1.807) is 13.2 Å². The first-order valence-corrected chi connectivity index (χ1v) is 11.5. The number of likely N-dealkylation sites (tertiary alicyclic amines) is 1. The van der Waals surface area contributed by atoms with Gasteiger partial charge < -0.3 is 14.8 Å². The van der Waals surface area contributed by atoms with Gasteiger partial charge in [0, 0.05) is 57.8 Å². The van der Waals surface area contributed by atoms with Crippen LogP contribution in [-0.2, 0) is 10.0 Å². The van der Waals surface area contributed by atoms with Gasteiger partial charge in [-0.15, -0.1) is 24.0 Å². The first kappa shape index (κ1) is 26.0. The van der Waals surface area contributed by atoms with Gasteiger partial charge >= 0.3 is 0 Å². The van der Waals surface area contributed by atoms with Crippen LogP contribution in [0.15, 0.2) is 52.9 Å². The lowest BCUT2D eigenvalue weighted by Crippen LogP contribution is -2.50. The maximum atomic E-state index is 12.4. The minimum absolute atomic E-state index is 0. The van der Waals surface area contributed by atoms with Crippen molar-refractivity contribution in [2.75, 3.05) is 33.2 Å². The molecular formula is C19H28IN7O4S. The summed E-state index contributed by atoms with van der Waals surface area (Å²) >= 11 is 0. The number of benzene rings is 1. The van der Waals surface area contributed by atoms with Gasteiger partial charge in [0.15, 0.2) is 5.96 Å². The van der Waals surface area contributed by atoms with E-state index in [0.717, 1.165) is 25.6 Å². The van der Waals surface area contributed by atoms with Gasteiger partial charge in [0.25, 0.3) is 5.69 Å². The summed E-state index contributed by atoms with van der Waals surface area (Å²) in [6.45, 7) is 4.28. The Morgan fingerprint density at radius 3 is 2.81 bits per heavy atom. The molecule has 2 atom stereocenters. The molecule has 0 saturated carbocycles. The second kappa shape index (κ2) is 11.6. The minimum Gasteiger partial charge on any atom is -0.355 e. The predicted molar refractivity (Wildman–Crippen MR) is 132 cm³/mol. The summed E-state index contributed by atoms with van der Waals surface area (Å²) in [5.74, 6) is 1.21. The second-order valence-corrected chi connectivity index (χ2v) is 9.18. The number of hydrogen-bond donors (Lipinski definition) is 2. The van der Waals surface area contributed by atoms with Crippen LogP contribution in [0.3, 0.4) is 0 Å². The highest BCUT2D eigenvalue weighted by atomic mass is 127. The van der Waals surface area contributed by atoms with Gasteiger partial charge in [-0.05, 0) is 18.4 Å². The summed E-state index contributed by atoms with van der Waals surface area (Å²) in [5.41, 5.74) is -0.270. The quantitative estimate of drug-likeness (QED) is 0.128. The smallest absolute Gasteiger partial charge is 0.270 e. The van der Waals surface area contributed by atoms with E-state index in [1.807, 2.05) is 12.5 Å². The number of piperidine rings is 1. The molecule has 0 spiro atoms. The first-order valence-electron chi connectivity index (χ1n) is 9.99. The molecule has 2 N–H and O–H groups in total. The Morgan fingerprint density at radius 1 is 1.38 bits per heavy atom. The molecule has 2 unspecified atom stereocenters. The molecule has 2 aromatic rings. The fourth-order valence-corrected chi connectivity index (χ4v) is 4.71. The maximum Gasteiger partial charge on any atom is 0.270 e. The van der Waals surface area contributed by atoms with Crippen LogP contribution in [0.1, 0.15) is 19.4 Å². The molecule has 1 aromatic carbocycles. The van der Waals surface area contributed by atoms with E-state index in [9.17, 15) is 18.5 Å². The molecule has 0 aliphatic carbocycles. The van der Waals surface area contributed by atoms with Crippen molar-refractivity contribution in [2.45, 2.75) is 24.3 Å². The van der Waals surface area contributed by atoms with Gasteiger partial charge in [-0.3, -0.25) is 15.1 Å². The zero-order valence-electron chi connectivity index (χ0n) is 17.9. The number of hydrogen-bond acceptors (Lipinski definition) is 6. The van der Waals surface area contributed by atoms with Crippen LogP contribution in [0.2, 0.25) is 0 Å². The van der Waals surface area contributed by atoms with E-state index in [2.05, 4.69) is 36.4 Å². The zero-order chi connectivity index (χ0) is 22.4. The Hall–Kier alpha value is -2.26. The Balaban J connectivity index is 0.00000363. The number of aliphatic imine (C=N–C) groups is 1. The number of nitro groups is 1. The van der Waals surface area contributed by atoms with Gasteiger partial charge in [0.1, 0.15) is 0 Å². The summed E-state index contributed by atoms with van der Waals surface area (Å²) in [6.07, 6.45) is 6.56. The van der Waals surface area contributed by atoms with Gasteiger partial charge in [0.05, 0.1) is 22.2 Å². The van der Waals surface area contributed by atoms with Crippen molar-refractivity contribution in [3.63, 3.8) is 0 Å². The minimum atomic E-state index is -3.85. The molecule has 2 heterocycles. The van der Waals surface area contributed by atoms with Crippen LogP contribution in [-0.4, -0.2) is 67.0 Å². The number of nitro benzene ring substituents is 1. The number of aromatic nitrogens is 2. The number of guanidine groups is 1. The standard InChI is InChI=1S/C19H27N7O4S.HI/c1-15-6-10-24(13-18(15)25-11-9-21-14-25)19(20-2)22-7-8-23-31(29,30)17-5-3-4-16(12-17)26(27)28;/h3-5,9,11-12,14-15,18,23H,6-8,10,13H2,1-2H3,(H,20,22);1H. The fourth-order valence-electron chi connectivity index (χ4n) is 3.63. The lowest BCUT2D eigenvalue weighted by Gasteiger charge is -2.39. The molecule has 1 aliphatic rings. The zero-order valence-corrected chi connectivity index (χ0v) is 21.1. The molecule has 1 saturated heterocycles. The Kier molecular flexibility index (Phi) is 9.39. The van der Waals surface area contributed by atoms with Gasteiger partial charge in [-0.2, -0.15) is 0 Å². The van der Waals surface area contributed by atoms with Crippen LogP contribution in [0.4, 0.5) is 5.69 Å². The first-order chi connectivity index (χ1) is 14.8. The number of nitrogens with one attached hydrogen (secondary N) is 2. The summed E-state index contributed by atoms with van der Waals surface area (Å²) in [4.78, 5) is 20.7. The third-order valence-electron chi connectivity index (χ3n) is 5.38. The van der Waals surface area contributed by atoms with Crippen LogP contribution in [0.25, 0.3) is 0 Å². The molecule has 3 rings (SSSR count). The molecule has 0 radical (unpaired) electrons. The monoisotopic (exact) mass is 577 g/mol. The molecule has 1 fully saturated rings. The predicted octanol–water partition coefficient (Wildman–Crippen LogP) is 1.85. The number of halogens is 1. The second-order valence-electron chi connectivity index (χ2n) is 7.42. The van der Waals surface area contributed by atoms with Gasteiger partial charge in [-0.1, -0.05) is 13.0 Å². The molecule has 1 aliphatic heterocycles. The molecule has 0 amide bonds. The molecule has 11 nitrogen and oxygen atoms in total. The highest BCUT2D eigenvalue weighted by molar-refractivity contribution is 14.0. The molecule has 13 heteroatoms. The van der Waals surface area contributed by atoms with E-state index >= 15 is 0 Å². The molecule has 1 aromatic heterocycles. The van der Waals surface area contributed by atoms with Crippen molar-refractivity contribution in [2.24, 2.45) is 10.9 Å². The van der Waals surface area contributed by atoms with Crippen molar-refractivity contribution < 1.29 is 13.3 Å². The maximum absolute atomic E-state index is 12.4. The van der Waals surface area contributed by atoms with Crippen molar-refractivity contribution in [1.29, 1.82) is 0 Å². The van der Waals surface area contributed by atoms with Crippen molar-refractivity contribution in [3.8, 4) is 0 Å². The van der Waals surface area contributed by atoms with Crippen LogP contribution in [0, 0.1) is 16.0 Å². The van der Waals surface area contributed by atoms with Crippen molar-refractivity contribution >= 4 is 45.6 Å².